The molecule has 0 spiro atoms. The average molecular weight is 272 g/mol. The molecule has 0 N–H and O–H groups in total. The molecule has 68 valence electrons. The molecule has 2 nitrogen and oxygen atoms in total. The molecule has 0 saturated heterocycles. The standard InChI is InChI=1S/C8H17IO2/c1-7(2,3)10-6-8(4,5)11-9/h6H2,1-5H3. The SMILES string of the molecule is CC(C)(C)OCC(C)(C)OI. The first-order valence-electron chi connectivity index (χ1n) is 3.70. The van der Waals surface area contributed by atoms with Gasteiger partial charge in [-0.2, -0.15) is 0 Å². The highest BCUT2D eigenvalue weighted by Crippen LogP contribution is 2.17. The van der Waals surface area contributed by atoms with Gasteiger partial charge in [-0.1, -0.05) is 0 Å². The van der Waals surface area contributed by atoms with Gasteiger partial charge in [0.1, 0.15) is 23.0 Å². The minimum absolute atomic E-state index is 0.0769. The van der Waals surface area contributed by atoms with Crippen LogP contribution in [-0.4, -0.2) is 17.8 Å². The Bertz CT molecular complexity index is 116. The quantitative estimate of drug-likeness (QED) is 0.735. The smallest absolute Gasteiger partial charge is 0.110 e. The van der Waals surface area contributed by atoms with E-state index in [0.717, 1.165) is 0 Å². The summed E-state index contributed by atoms with van der Waals surface area (Å²) in [6.45, 7) is 10.7. The zero-order chi connectivity index (χ0) is 9.12. The molecule has 0 heterocycles. The average Bonchev–Trinajstić information content (AvgIpc) is 1.83. The minimum Gasteiger partial charge on any atom is -0.373 e. The lowest BCUT2D eigenvalue weighted by molar-refractivity contribution is -0.0599. The molecule has 0 aromatic heterocycles. The Morgan fingerprint density at radius 1 is 1.09 bits per heavy atom. The summed E-state index contributed by atoms with van der Waals surface area (Å²) in [4.78, 5) is 0. The van der Waals surface area contributed by atoms with Crippen molar-refractivity contribution < 1.29 is 7.80 Å². The largest absolute Gasteiger partial charge is 0.373 e. The fourth-order valence-corrected chi connectivity index (χ4v) is 0.540. The van der Waals surface area contributed by atoms with Crippen LogP contribution in [0.25, 0.3) is 0 Å². The van der Waals surface area contributed by atoms with E-state index >= 15 is 0 Å². The number of rotatable bonds is 3. The van der Waals surface area contributed by atoms with E-state index in [2.05, 4.69) is 0 Å². The van der Waals surface area contributed by atoms with E-state index in [9.17, 15) is 0 Å². The first kappa shape index (κ1) is 11.6. The van der Waals surface area contributed by atoms with Gasteiger partial charge in [0.25, 0.3) is 0 Å². The van der Waals surface area contributed by atoms with Crippen LogP contribution in [0.1, 0.15) is 34.6 Å². The molecular weight excluding hydrogens is 255 g/mol. The van der Waals surface area contributed by atoms with Crippen molar-refractivity contribution in [3.63, 3.8) is 0 Å². The monoisotopic (exact) mass is 272 g/mol. The maximum Gasteiger partial charge on any atom is 0.110 e. The molecular formula is C8H17IO2. The number of hydrogen-bond acceptors (Lipinski definition) is 2. The third-order valence-corrected chi connectivity index (χ3v) is 2.25. The predicted molar refractivity (Wildman–Crippen MR) is 54.9 cm³/mol. The van der Waals surface area contributed by atoms with Gasteiger partial charge in [-0.05, 0) is 34.6 Å². The van der Waals surface area contributed by atoms with Gasteiger partial charge >= 0.3 is 0 Å². The van der Waals surface area contributed by atoms with Gasteiger partial charge in [0.2, 0.25) is 0 Å². The molecule has 11 heavy (non-hydrogen) atoms. The first-order valence-corrected chi connectivity index (χ1v) is 4.59. The Morgan fingerprint density at radius 2 is 1.55 bits per heavy atom. The normalized spacial score (nSPS) is 13.6. The maximum atomic E-state index is 5.56. The first-order chi connectivity index (χ1) is 4.77. The van der Waals surface area contributed by atoms with Crippen LogP contribution in [0, 0.1) is 0 Å². The summed E-state index contributed by atoms with van der Waals surface area (Å²) in [5.41, 5.74) is -0.264. The summed E-state index contributed by atoms with van der Waals surface area (Å²) >= 11 is 1.90. The summed E-state index contributed by atoms with van der Waals surface area (Å²) in [5, 5.41) is 0. The predicted octanol–water partition coefficient (Wildman–Crippen LogP) is 2.95. The Labute approximate surface area is 83.3 Å². The van der Waals surface area contributed by atoms with Gasteiger partial charge < -0.3 is 7.80 Å². The molecule has 0 fully saturated rings. The number of ether oxygens (including phenoxy) is 1. The Balaban J connectivity index is 3.70. The second kappa shape index (κ2) is 4.05. The molecule has 0 bridgehead atoms. The van der Waals surface area contributed by atoms with Gasteiger partial charge in [0.15, 0.2) is 0 Å². The Kier molecular flexibility index (Phi) is 4.29. The van der Waals surface area contributed by atoms with Gasteiger partial charge in [-0.25, -0.2) is 0 Å². The molecule has 0 amide bonds. The van der Waals surface area contributed by atoms with Gasteiger partial charge in [0.05, 0.1) is 17.8 Å². The summed E-state index contributed by atoms with van der Waals surface area (Å²) in [5.74, 6) is 0. The highest BCUT2D eigenvalue weighted by molar-refractivity contribution is 14.1. The van der Waals surface area contributed by atoms with Crippen LogP contribution in [0.2, 0.25) is 0 Å². The lowest BCUT2D eigenvalue weighted by atomic mass is 10.1. The minimum atomic E-state index is -0.187. The van der Waals surface area contributed by atoms with E-state index in [1.807, 2.05) is 57.6 Å². The maximum absolute atomic E-state index is 5.56. The lowest BCUT2D eigenvalue weighted by Gasteiger charge is -2.27. The molecule has 3 heteroatoms. The van der Waals surface area contributed by atoms with Crippen molar-refractivity contribution in [2.24, 2.45) is 0 Å². The fourth-order valence-electron chi connectivity index (χ4n) is 0.413. The Hall–Kier alpha value is 0.650. The zero-order valence-corrected chi connectivity index (χ0v) is 10.1. The third kappa shape index (κ3) is 7.03. The van der Waals surface area contributed by atoms with Crippen LogP contribution >= 0.6 is 23.0 Å². The van der Waals surface area contributed by atoms with Gasteiger partial charge in [-0.15, -0.1) is 0 Å². The molecule has 0 rings (SSSR count). The van der Waals surface area contributed by atoms with Gasteiger partial charge in [-0.3, -0.25) is 0 Å². The van der Waals surface area contributed by atoms with Crippen LogP contribution < -0.4 is 0 Å². The van der Waals surface area contributed by atoms with Crippen molar-refractivity contribution in [3.05, 3.63) is 0 Å². The van der Waals surface area contributed by atoms with Gasteiger partial charge in [0, 0.05) is 0 Å². The van der Waals surface area contributed by atoms with E-state index in [1.54, 1.807) is 0 Å². The van der Waals surface area contributed by atoms with Crippen LogP contribution in [0.15, 0.2) is 0 Å². The van der Waals surface area contributed by atoms with Crippen LogP contribution in [-0.2, 0) is 7.80 Å². The summed E-state index contributed by atoms with van der Waals surface area (Å²) in [7, 11) is 0. The zero-order valence-electron chi connectivity index (χ0n) is 7.90. The van der Waals surface area contributed by atoms with Crippen molar-refractivity contribution in [1.82, 2.24) is 0 Å². The van der Waals surface area contributed by atoms with Crippen LogP contribution in [0.3, 0.4) is 0 Å². The van der Waals surface area contributed by atoms with E-state index in [0.29, 0.717) is 6.61 Å². The summed E-state index contributed by atoms with van der Waals surface area (Å²) in [6, 6.07) is 0. The van der Waals surface area contributed by atoms with E-state index < -0.39 is 0 Å². The molecule has 0 aromatic carbocycles. The number of hydrogen-bond donors (Lipinski definition) is 0. The Morgan fingerprint density at radius 3 is 1.82 bits per heavy atom. The fraction of sp³-hybridized carbons (Fsp3) is 1.00. The second-order valence-electron chi connectivity index (χ2n) is 4.24. The summed E-state index contributed by atoms with van der Waals surface area (Å²) < 4.78 is 10.7. The van der Waals surface area contributed by atoms with E-state index in [4.69, 9.17) is 7.80 Å². The van der Waals surface area contributed by atoms with Crippen molar-refractivity contribution in [2.75, 3.05) is 6.61 Å². The molecule has 0 saturated carbocycles. The van der Waals surface area contributed by atoms with E-state index in [-0.39, 0.29) is 11.2 Å². The molecule has 0 aromatic rings. The molecule has 0 unspecified atom stereocenters. The van der Waals surface area contributed by atoms with E-state index in [1.165, 1.54) is 0 Å². The van der Waals surface area contributed by atoms with Crippen molar-refractivity contribution in [3.8, 4) is 0 Å². The summed E-state index contributed by atoms with van der Waals surface area (Å²) in [6.07, 6.45) is 0. The van der Waals surface area contributed by atoms with Crippen molar-refractivity contribution >= 4 is 23.0 Å². The van der Waals surface area contributed by atoms with Crippen LogP contribution in [0.4, 0.5) is 0 Å². The number of halogens is 1. The molecule has 0 radical (unpaired) electrons. The van der Waals surface area contributed by atoms with Crippen molar-refractivity contribution in [1.29, 1.82) is 0 Å². The third-order valence-electron chi connectivity index (χ3n) is 1.06. The second-order valence-corrected chi connectivity index (χ2v) is 4.68. The molecule has 0 aliphatic rings. The molecule has 0 aliphatic heterocycles. The lowest BCUT2D eigenvalue weighted by Crippen LogP contribution is -2.32. The van der Waals surface area contributed by atoms with Crippen molar-refractivity contribution in [2.45, 2.75) is 45.8 Å². The molecule has 0 atom stereocenters. The van der Waals surface area contributed by atoms with Crippen LogP contribution in [0.5, 0.6) is 0 Å². The highest BCUT2D eigenvalue weighted by atomic mass is 127. The topological polar surface area (TPSA) is 18.5 Å². The molecule has 0 aliphatic carbocycles. The highest BCUT2D eigenvalue weighted by Gasteiger charge is 2.21.